The molecule has 1 aromatic heterocycles. The van der Waals surface area contributed by atoms with Crippen molar-refractivity contribution in [3.8, 4) is 0 Å². The average molecular weight is 244 g/mol. The molecule has 1 fully saturated rings. The van der Waals surface area contributed by atoms with Crippen LogP contribution in [0.5, 0.6) is 0 Å². The molecule has 18 heavy (non-hydrogen) atoms. The van der Waals surface area contributed by atoms with E-state index >= 15 is 0 Å². The number of rotatable bonds is 3. The Morgan fingerprint density at radius 1 is 1.44 bits per heavy atom. The van der Waals surface area contributed by atoms with Crippen molar-refractivity contribution in [2.75, 3.05) is 13.7 Å². The van der Waals surface area contributed by atoms with Crippen molar-refractivity contribution in [2.24, 2.45) is 0 Å². The number of nitrogens with one attached hydrogen (secondary N) is 2. The van der Waals surface area contributed by atoms with E-state index in [0.29, 0.717) is 6.42 Å². The van der Waals surface area contributed by atoms with E-state index in [9.17, 15) is 4.79 Å². The first-order valence-electron chi connectivity index (χ1n) is 6.14. The standard InChI is InChI=1S/C14H16N2O2/c1-18-13(17)14(6-7-16-14)8-10-9-15-12-5-3-2-4-11(10)12/h2-5,9,15-16H,6-8H2,1H3. The molecule has 2 heterocycles. The number of esters is 1. The monoisotopic (exact) mass is 244 g/mol. The fraction of sp³-hybridized carbons (Fsp3) is 0.357. The fourth-order valence-electron chi connectivity index (χ4n) is 2.62. The van der Waals surface area contributed by atoms with Gasteiger partial charge in [-0.1, -0.05) is 18.2 Å². The number of para-hydroxylation sites is 1. The molecule has 0 bridgehead atoms. The minimum atomic E-state index is -0.528. The lowest BCUT2D eigenvalue weighted by atomic mass is 9.82. The summed E-state index contributed by atoms with van der Waals surface area (Å²) in [6.07, 6.45) is 3.48. The summed E-state index contributed by atoms with van der Waals surface area (Å²) < 4.78 is 4.91. The molecule has 1 atom stereocenters. The van der Waals surface area contributed by atoms with Gasteiger partial charge in [0.2, 0.25) is 0 Å². The van der Waals surface area contributed by atoms with E-state index in [1.165, 1.54) is 12.5 Å². The molecule has 1 aliphatic rings. The maximum absolute atomic E-state index is 11.9. The van der Waals surface area contributed by atoms with Gasteiger partial charge in [0.05, 0.1) is 7.11 Å². The minimum Gasteiger partial charge on any atom is -0.468 e. The first kappa shape index (κ1) is 11.3. The summed E-state index contributed by atoms with van der Waals surface area (Å²) in [4.78, 5) is 15.1. The first-order chi connectivity index (χ1) is 8.75. The van der Waals surface area contributed by atoms with Gasteiger partial charge in [0, 0.05) is 23.5 Å². The Hall–Kier alpha value is -1.81. The van der Waals surface area contributed by atoms with Gasteiger partial charge in [0.25, 0.3) is 0 Å². The number of hydrogen-bond acceptors (Lipinski definition) is 3. The third kappa shape index (κ3) is 1.61. The Labute approximate surface area is 105 Å². The molecule has 0 saturated carbocycles. The molecule has 4 heteroatoms. The van der Waals surface area contributed by atoms with Crippen molar-refractivity contribution in [1.82, 2.24) is 10.3 Å². The average Bonchev–Trinajstić information content (AvgIpc) is 2.76. The highest BCUT2D eigenvalue weighted by Gasteiger charge is 2.45. The Morgan fingerprint density at radius 2 is 2.22 bits per heavy atom. The van der Waals surface area contributed by atoms with Gasteiger partial charge in [-0.25, -0.2) is 0 Å². The molecule has 0 radical (unpaired) electrons. The van der Waals surface area contributed by atoms with Crippen LogP contribution in [0.2, 0.25) is 0 Å². The Bertz CT molecular complexity index is 584. The second kappa shape index (κ2) is 4.14. The molecule has 4 nitrogen and oxygen atoms in total. The fourth-order valence-corrected chi connectivity index (χ4v) is 2.62. The first-order valence-corrected chi connectivity index (χ1v) is 6.14. The van der Waals surface area contributed by atoms with Crippen molar-refractivity contribution < 1.29 is 9.53 Å². The number of aromatic amines is 1. The lowest BCUT2D eigenvalue weighted by Gasteiger charge is -2.40. The number of methoxy groups -OCH3 is 1. The third-order valence-electron chi connectivity index (χ3n) is 3.76. The highest BCUT2D eigenvalue weighted by atomic mass is 16.5. The van der Waals surface area contributed by atoms with Crippen LogP contribution in [0.1, 0.15) is 12.0 Å². The SMILES string of the molecule is COC(=O)C1(Cc2c[nH]c3ccccc23)CCN1. The molecular formula is C14H16N2O2. The summed E-state index contributed by atoms with van der Waals surface area (Å²) in [5.74, 6) is -0.168. The van der Waals surface area contributed by atoms with Crippen LogP contribution in [0.25, 0.3) is 10.9 Å². The Kier molecular flexibility index (Phi) is 2.59. The predicted molar refractivity (Wildman–Crippen MR) is 69.4 cm³/mol. The molecule has 1 aliphatic heterocycles. The largest absolute Gasteiger partial charge is 0.468 e. The summed E-state index contributed by atoms with van der Waals surface area (Å²) in [5, 5.41) is 4.40. The lowest BCUT2D eigenvalue weighted by molar-refractivity contribution is -0.152. The summed E-state index contributed by atoms with van der Waals surface area (Å²) in [7, 11) is 1.44. The van der Waals surface area contributed by atoms with Crippen LogP contribution in [0, 0.1) is 0 Å². The Balaban J connectivity index is 1.94. The second-order valence-electron chi connectivity index (χ2n) is 4.79. The van der Waals surface area contributed by atoms with Crippen molar-refractivity contribution in [3.63, 3.8) is 0 Å². The lowest BCUT2D eigenvalue weighted by Crippen LogP contribution is -2.64. The normalized spacial score (nSPS) is 22.7. The molecule has 1 saturated heterocycles. The van der Waals surface area contributed by atoms with E-state index in [4.69, 9.17) is 4.74 Å². The van der Waals surface area contributed by atoms with E-state index in [1.807, 2.05) is 24.4 Å². The van der Waals surface area contributed by atoms with Crippen molar-refractivity contribution >= 4 is 16.9 Å². The van der Waals surface area contributed by atoms with Crippen LogP contribution in [-0.2, 0) is 16.0 Å². The highest BCUT2D eigenvalue weighted by Crippen LogP contribution is 2.29. The summed E-state index contributed by atoms with van der Waals surface area (Å²) in [5.41, 5.74) is 1.73. The van der Waals surface area contributed by atoms with Crippen LogP contribution >= 0.6 is 0 Å². The molecule has 0 spiro atoms. The molecule has 1 aromatic carbocycles. The third-order valence-corrected chi connectivity index (χ3v) is 3.76. The van der Waals surface area contributed by atoms with Gasteiger partial charge in [0.15, 0.2) is 0 Å². The number of H-pyrrole nitrogens is 1. The predicted octanol–water partition coefficient (Wildman–Crippen LogP) is 1.62. The maximum Gasteiger partial charge on any atom is 0.326 e. The summed E-state index contributed by atoms with van der Waals surface area (Å²) in [6, 6.07) is 8.13. The van der Waals surface area contributed by atoms with Crippen molar-refractivity contribution in [3.05, 3.63) is 36.0 Å². The number of ether oxygens (including phenoxy) is 1. The Morgan fingerprint density at radius 3 is 2.89 bits per heavy atom. The van der Waals surface area contributed by atoms with Gasteiger partial charge in [-0.15, -0.1) is 0 Å². The van der Waals surface area contributed by atoms with E-state index in [-0.39, 0.29) is 5.97 Å². The van der Waals surface area contributed by atoms with E-state index < -0.39 is 5.54 Å². The smallest absolute Gasteiger partial charge is 0.326 e. The van der Waals surface area contributed by atoms with E-state index in [2.05, 4.69) is 16.4 Å². The number of aromatic nitrogens is 1. The molecule has 2 N–H and O–H groups in total. The quantitative estimate of drug-likeness (QED) is 0.807. The highest BCUT2D eigenvalue weighted by molar-refractivity contribution is 5.86. The van der Waals surface area contributed by atoms with Crippen molar-refractivity contribution in [1.29, 1.82) is 0 Å². The van der Waals surface area contributed by atoms with Gasteiger partial charge in [-0.05, 0) is 24.6 Å². The molecular weight excluding hydrogens is 228 g/mol. The molecule has 2 aromatic rings. The number of carbonyl (C=O) groups is 1. The second-order valence-corrected chi connectivity index (χ2v) is 4.79. The maximum atomic E-state index is 11.9. The number of benzene rings is 1. The summed E-state index contributed by atoms with van der Waals surface area (Å²) >= 11 is 0. The van der Waals surface area contributed by atoms with Gasteiger partial charge in [-0.3, -0.25) is 4.79 Å². The van der Waals surface area contributed by atoms with Crippen LogP contribution in [-0.4, -0.2) is 30.1 Å². The van der Waals surface area contributed by atoms with Crippen LogP contribution < -0.4 is 5.32 Å². The zero-order valence-corrected chi connectivity index (χ0v) is 10.3. The topological polar surface area (TPSA) is 54.1 Å². The number of hydrogen-bond donors (Lipinski definition) is 2. The zero-order chi connectivity index (χ0) is 12.6. The van der Waals surface area contributed by atoms with Crippen LogP contribution in [0.15, 0.2) is 30.5 Å². The van der Waals surface area contributed by atoms with Crippen molar-refractivity contribution in [2.45, 2.75) is 18.4 Å². The minimum absolute atomic E-state index is 0.168. The number of fused-ring (bicyclic) bond motifs is 1. The van der Waals surface area contributed by atoms with Crippen LogP contribution in [0.3, 0.4) is 0 Å². The number of carbonyl (C=O) groups excluding carboxylic acids is 1. The summed E-state index contributed by atoms with van der Waals surface area (Å²) in [6.45, 7) is 0.872. The molecule has 1 unspecified atom stereocenters. The van der Waals surface area contributed by atoms with Crippen LogP contribution in [0.4, 0.5) is 0 Å². The van der Waals surface area contributed by atoms with Gasteiger partial charge in [0.1, 0.15) is 5.54 Å². The molecule has 94 valence electrons. The molecule has 0 aliphatic carbocycles. The molecule has 3 rings (SSSR count). The molecule has 0 amide bonds. The van der Waals surface area contributed by atoms with E-state index in [0.717, 1.165) is 24.0 Å². The van der Waals surface area contributed by atoms with E-state index in [1.54, 1.807) is 0 Å². The zero-order valence-electron chi connectivity index (χ0n) is 10.3. The van der Waals surface area contributed by atoms with Gasteiger partial charge < -0.3 is 15.0 Å². The van der Waals surface area contributed by atoms with Gasteiger partial charge >= 0.3 is 5.97 Å². The van der Waals surface area contributed by atoms with Gasteiger partial charge in [-0.2, -0.15) is 0 Å².